The number of benzene rings is 1. The van der Waals surface area contributed by atoms with Crippen LogP contribution in [0.25, 0.3) is 0 Å². The van der Waals surface area contributed by atoms with E-state index in [1.807, 2.05) is 0 Å². The Balaban J connectivity index is 2.52. The number of carbonyl (C=O) groups is 1. The molecule has 100 valence electrons. The molecular weight excluding hydrogens is 263 g/mol. The van der Waals surface area contributed by atoms with E-state index < -0.39 is 17.3 Å². The number of hydrogen-bond acceptors (Lipinski definition) is 3. The van der Waals surface area contributed by atoms with Gasteiger partial charge in [0.05, 0.1) is 11.1 Å². The topological polar surface area (TPSA) is 29.1 Å². The van der Waals surface area contributed by atoms with E-state index in [4.69, 9.17) is 0 Å². The summed E-state index contributed by atoms with van der Waals surface area (Å²) in [5.74, 6) is 0.495. The molecule has 1 rings (SSSR count). The fourth-order valence-corrected chi connectivity index (χ4v) is 1.97. The van der Waals surface area contributed by atoms with Gasteiger partial charge in [-0.05, 0) is 31.5 Å². The number of aldehydes is 1. The average molecular weight is 277 g/mol. The lowest BCUT2D eigenvalue weighted by molar-refractivity contribution is -0.137. The molecule has 0 aliphatic rings. The van der Waals surface area contributed by atoms with E-state index in [9.17, 15) is 18.0 Å². The summed E-state index contributed by atoms with van der Waals surface area (Å²) in [5, 5.41) is 0. The van der Waals surface area contributed by atoms with Gasteiger partial charge in [-0.3, -0.25) is 4.72 Å². The van der Waals surface area contributed by atoms with Gasteiger partial charge in [0.2, 0.25) is 0 Å². The number of nitrogens with one attached hydrogen (secondary N) is 1. The van der Waals surface area contributed by atoms with Crippen molar-refractivity contribution in [3.8, 4) is 0 Å². The largest absolute Gasteiger partial charge is 0.416 e. The zero-order valence-electron chi connectivity index (χ0n) is 10.0. The Bertz CT molecular complexity index is 401. The maximum absolute atomic E-state index is 12.3. The summed E-state index contributed by atoms with van der Waals surface area (Å²) >= 11 is 1.29. The first kappa shape index (κ1) is 15.0. The maximum atomic E-state index is 12.3. The summed E-state index contributed by atoms with van der Waals surface area (Å²) in [4.78, 5) is 10.6. The second-order valence-corrected chi connectivity index (χ2v) is 5.21. The Labute approximate surface area is 108 Å². The smallest absolute Gasteiger partial charge is 0.301 e. The zero-order valence-corrected chi connectivity index (χ0v) is 10.9. The van der Waals surface area contributed by atoms with Crippen molar-refractivity contribution in [3.63, 3.8) is 0 Å². The quantitative estimate of drug-likeness (QED) is 0.660. The van der Waals surface area contributed by atoms with Gasteiger partial charge in [0.25, 0.3) is 0 Å². The van der Waals surface area contributed by atoms with Crippen LogP contribution in [-0.2, 0) is 16.7 Å². The van der Waals surface area contributed by atoms with Crippen molar-refractivity contribution in [2.24, 2.45) is 0 Å². The van der Waals surface area contributed by atoms with Crippen LogP contribution in [-0.4, -0.2) is 11.8 Å². The number of carbonyl (C=O) groups excluding carboxylic acids is 1. The standard InChI is InChI=1S/C12H14F3NOS/c1-11(2,8-17)16-18-7-9-3-5-10(6-4-9)12(13,14)15/h3-6,8,16H,7H2,1-2H3. The minimum absolute atomic E-state index is 0.495. The molecule has 0 aliphatic heterocycles. The molecule has 0 radical (unpaired) electrons. The van der Waals surface area contributed by atoms with Crippen molar-refractivity contribution in [1.29, 1.82) is 0 Å². The van der Waals surface area contributed by atoms with E-state index in [1.165, 1.54) is 24.1 Å². The second kappa shape index (κ2) is 5.75. The highest BCUT2D eigenvalue weighted by Gasteiger charge is 2.29. The van der Waals surface area contributed by atoms with E-state index in [0.29, 0.717) is 5.75 Å². The summed E-state index contributed by atoms with van der Waals surface area (Å²) in [6.07, 6.45) is -3.52. The molecule has 6 heteroatoms. The second-order valence-electron chi connectivity index (χ2n) is 4.42. The molecule has 0 spiro atoms. The van der Waals surface area contributed by atoms with Crippen LogP contribution in [0.1, 0.15) is 25.0 Å². The van der Waals surface area contributed by atoms with Gasteiger partial charge in [-0.1, -0.05) is 24.1 Å². The number of halogens is 3. The predicted molar refractivity (Wildman–Crippen MR) is 66.0 cm³/mol. The Hall–Kier alpha value is -1.01. The van der Waals surface area contributed by atoms with Gasteiger partial charge < -0.3 is 4.79 Å². The molecule has 0 saturated heterocycles. The van der Waals surface area contributed by atoms with Crippen molar-refractivity contribution >= 4 is 18.2 Å². The third-order valence-corrected chi connectivity index (χ3v) is 3.30. The van der Waals surface area contributed by atoms with E-state index >= 15 is 0 Å². The van der Waals surface area contributed by atoms with Crippen molar-refractivity contribution in [1.82, 2.24) is 4.72 Å². The lowest BCUT2D eigenvalue weighted by Gasteiger charge is -2.17. The Kier molecular flexibility index (Phi) is 4.81. The van der Waals surface area contributed by atoms with Crippen LogP contribution in [0.5, 0.6) is 0 Å². The molecular formula is C12H14F3NOS. The monoisotopic (exact) mass is 277 g/mol. The summed E-state index contributed by atoms with van der Waals surface area (Å²) in [6, 6.07) is 4.98. The van der Waals surface area contributed by atoms with E-state index in [-0.39, 0.29) is 0 Å². The summed E-state index contributed by atoms with van der Waals surface area (Å²) in [5.41, 5.74) is -0.532. The van der Waals surface area contributed by atoms with Gasteiger partial charge in [-0.25, -0.2) is 0 Å². The van der Waals surface area contributed by atoms with Gasteiger partial charge >= 0.3 is 6.18 Å². The van der Waals surface area contributed by atoms with Gasteiger partial charge in [-0.2, -0.15) is 13.2 Å². The van der Waals surface area contributed by atoms with Crippen molar-refractivity contribution in [3.05, 3.63) is 35.4 Å². The molecule has 1 N–H and O–H groups in total. The normalized spacial score (nSPS) is 12.5. The van der Waals surface area contributed by atoms with Crippen LogP contribution in [0.15, 0.2) is 24.3 Å². The molecule has 0 aromatic heterocycles. The van der Waals surface area contributed by atoms with Crippen molar-refractivity contribution in [2.45, 2.75) is 31.3 Å². The number of hydrogen-bond donors (Lipinski definition) is 1. The maximum Gasteiger partial charge on any atom is 0.416 e. The minimum Gasteiger partial charge on any atom is -0.301 e. The van der Waals surface area contributed by atoms with Gasteiger partial charge in [0, 0.05) is 5.75 Å². The first-order valence-electron chi connectivity index (χ1n) is 5.26. The fourth-order valence-electron chi connectivity index (χ4n) is 1.12. The number of rotatable bonds is 5. The van der Waals surface area contributed by atoms with Crippen LogP contribution in [0.3, 0.4) is 0 Å². The summed E-state index contributed by atoms with van der Waals surface area (Å²) in [6.45, 7) is 3.44. The predicted octanol–water partition coefficient (Wildman–Crippen LogP) is 3.42. The third kappa shape index (κ3) is 4.70. The van der Waals surface area contributed by atoms with Crippen LogP contribution in [0.4, 0.5) is 13.2 Å². The Morgan fingerprint density at radius 1 is 1.22 bits per heavy atom. The highest BCUT2D eigenvalue weighted by molar-refractivity contribution is 7.96. The lowest BCUT2D eigenvalue weighted by atomic mass is 10.1. The Morgan fingerprint density at radius 2 is 1.78 bits per heavy atom. The van der Waals surface area contributed by atoms with Crippen LogP contribution < -0.4 is 4.72 Å². The van der Waals surface area contributed by atoms with Crippen LogP contribution in [0.2, 0.25) is 0 Å². The van der Waals surface area contributed by atoms with Crippen LogP contribution in [0, 0.1) is 0 Å². The third-order valence-electron chi connectivity index (χ3n) is 2.15. The molecule has 0 fully saturated rings. The summed E-state index contributed by atoms with van der Waals surface area (Å²) in [7, 11) is 0. The summed E-state index contributed by atoms with van der Waals surface area (Å²) < 4.78 is 39.9. The van der Waals surface area contributed by atoms with Gasteiger partial charge in [-0.15, -0.1) is 0 Å². The molecule has 2 nitrogen and oxygen atoms in total. The molecule has 0 saturated carbocycles. The van der Waals surface area contributed by atoms with Crippen molar-refractivity contribution in [2.75, 3.05) is 0 Å². The molecule has 1 aromatic rings. The fraction of sp³-hybridized carbons (Fsp3) is 0.417. The highest BCUT2D eigenvalue weighted by Crippen LogP contribution is 2.29. The zero-order chi connectivity index (χ0) is 13.8. The molecule has 0 atom stereocenters. The van der Waals surface area contributed by atoms with E-state index in [0.717, 1.165) is 24.0 Å². The van der Waals surface area contributed by atoms with E-state index in [1.54, 1.807) is 13.8 Å². The SMILES string of the molecule is CC(C)(C=O)NSCc1ccc(C(F)(F)F)cc1. The molecule has 0 aliphatic carbocycles. The molecule has 0 bridgehead atoms. The van der Waals surface area contributed by atoms with Crippen molar-refractivity contribution < 1.29 is 18.0 Å². The van der Waals surface area contributed by atoms with Gasteiger partial charge in [0.15, 0.2) is 0 Å². The molecule has 18 heavy (non-hydrogen) atoms. The first-order chi connectivity index (χ1) is 8.24. The molecule has 1 aromatic carbocycles. The minimum atomic E-state index is -4.30. The molecule has 0 amide bonds. The highest BCUT2D eigenvalue weighted by atomic mass is 32.2. The van der Waals surface area contributed by atoms with E-state index in [2.05, 4.69) is 4.72 Å². The average Bonchev–Trinajstić information content (AvgIpc) is 2.28. The van der Waals surface area contributed by atoms with Gasteiger partial charge in [0.1, 0.15) is 6.29 Å². The first-order valence-corrected chi connectivity index (χ1v) is 6.24. The Morgan fingerprint density at radius 3 is 2.22 bits per heavy atom. The lowest BCUT2D eigenvalue weighted by Crippen LogP contribution is -2.35. The number of alkyl halides is 3. The van der Waals surface area contributed by atoms with Crippen LogP contribution >= 0.6 is 11.9 Å². The molecule has 0 unspecified atom stereocenters. The molecule has 0 heterocycles.